The molecule has 0 heterocycles. The van der Waals surface area contributed by atoms with Crippen LogP contribution in [-0.2, 0) is 13.1 Å². The molecule has 27 heavy (non-hydrogen) atoms. The zero-order valence-electron chi connectivity index (χ0n) is 15.0. The molecule has 0 saturated carbocycles. The fourth-order valence-electron chi connectivity index (χ4n) is 2.64. The van der Waals surface area contributed by atoms with Gasteiger partial charge in [-0.05, 0) is 60.0 Å². The highest BCUT2D eigenvalue weighted by atomic mass is 16.5. The molecular weight excluding hydrogens is 344 g/mol. The molecule has 0 fully saturated rings. The third-order valence-electron chi connectivity index (χ3n) is 3.91. The number of hydrogen-bond donors (Lipinski definition) is 4. The van der Waals surface area contributed by atoms with Crippen LogP contribution in [0.15, 0.2) is 66.7 Å². The van der Waals surface area contributed by atoms with Crippen molar-refractivity contribution in [2.75, 3.05) is 0 Å². The number of nitrogens with one attached hydrogen (secondary N) is 2. The van der Waals surface area contributed by atoms with Gasteiger partial charge in [-0.3, -0.25) is 0 Å². The summed E-state index contributed by atoms with van der Waals surface area (Å²) in [5, 5.41) is 17.5. The third kappa shape index (κ3) is 5.54. The Morgan fingerprint density at radius 1 is 0.630 bits per heavy atom. The highest BCUT2D eigenvalue weighted by Crippen LogP contribution is 2.30. The van der Waals surface area contributed by atoms with Crippen molar-refractivity contribution in [3.05, 3.63) is 83.4 Å². The van der Waals surface area contributed by atoms with E-state index in [2.05, 4.69) is 11.0 Å². The van der Waals surface area contributed by atoms with Crippen molar-refractivity contribution in [2.24, 2.45) is 0 Å². The summed E-state index contributed by atoms with van der Waals surface area (Å²) in [5.41, 5.74) is 7.19. The second-order valence-electron chi connectivity index (χ2n) is 6.14. The fraction of sp³-hybridized carbons (Fsp3) is 0.143. The minimum absolute atomic E-state index is 0.385. The van der Waals surface area contributed by atoms with Gasteiger partial charge in [0.1, 0.15) is 23.0 Å². The molecule has 0 radical (unpaired) electrons. The van der Waals surface area contributed by atoms with E-state index >= 15 is 0 Å². The standard InChI is InChI=1S/C21H22N2O4/c1-15-10-20(26-18-6-2-16(3-7-18)13-22-24)12-21(11-15)27-19-8-4-17(5-9-19)14-23-25/h2-12,22-25H,13-14H2,1H3. The van der Waals surface area contributed by atoms with Gasteiger partial charge in [-0.25, -0.2) is 11.0 Å². The van der Waals surface area contributed by atoms with E-state index in [9.17, 15) is 0 Å². The summed E-state index contributed by atoms with van der Waals surface area (Å²) in [4.78, 5) is 0. The molecule has 0 unspecified atom stereocenters. The largest absolute Gasteiger partial charge is 0.457 e. The molecule has 0 aliphatic carbocycles. The van der Waals surface area contributed by atoms with E-state index in [1.807, 2.05) is 73.7 Å². The lowest BCUT2D eigenvalue weighted by molar-refractivity contribution is 0.161. The van der Waals surface area contributed by atoms with Gasteiger partial charge in [0, 0.05) is 19.2 Å². The van der Waals surface area contributed by atoms with E-state index in [0.717, 1.165) is 16.7 Å². The van der Waals surface area contributed by atoms with Crippen molar-refractivity contribution in [1.29, 1.82) is 0 Å². The van der Waals surface area contributed by atoms with Crippen LogP contribution >= 0.6 is 0 Å². The fourth-order valence-corrected chi connectivity index (χ4v) is 2.64. The molecule has 0 aliphatic heterocycles. The van der Waals surface area contributed by atoms with Crippen LogP contribution < -0.4 is 20.4 Å². The van der Waals surface area contributed by atoms with Crippen LogP contribution in [0.1, 0.15) is 16.7 Å². The highest BCUT2D eigenvalue weighted by molar-refractivity contribution is 5.43. The van der Waals surface area contributed by atoms with Gasteiger partial charge in [0.15, 0.2) is 0 Å². The lowest BCUT2D eigenvalue weighted by atomic mass is 10.2. The number of benzene rings is 3. The van der Waals surface area contributed by atoms with Crippen LogP contribution in [0.2, 0.25) is 0 Å². The van der Waals surface area contributed by atoms with Crippen molar-refractivity contribution >= 4 is 0 Å². The Morgan fingerprint density at radius 2 is 1.04 bits per heavy atom. The van der Waals surface area contributed by atoms with Gasteiger partial charge in [-0.15, -0.1) is 0 Å². The maximum atomic E-state index is 8.74. The van der Waals surface area contributed by atoms with Gasteiger partial charge in [-0.1, -0.05) is 24.3 Å². The molecule has 0 atom stereocenters. The van der Waals surface area contributed by atoms with Crippen LogP contribution in [0.3, 0.4) is 0 Å². The van der Waals surface area contributed by atoms with E-state index in [1.165, 1.54) is 0 Å². The van der Waals surface area contributed by atoms with E-state index in [4.69, 9.17) is 19.9 Å². The zero-order valence-corrected chi connectivity index (χ0v) is 15.0. The maximum Gasteiger partial charge on any atom is 0.131 e. The topological polar surface area (TPSA) is 83.0 Å². The summed E-state index contributed by atoms with van der Waals surface area (Å²) in [6, 6.07) is 20.6. The van der Waals surface area contributed by atoms with Gasteiger partial charge in [-0.2, -0.15) is 0 Å². The van der Waals surface area contributed by atoms with Gasteiger partial charge in [0.25, 0.3) is 0 Å². The summed E-state index contributed by atoms with van der Waals surface area (Å²) in [6.45, 7) is 2.75. The molecule has 140 valence electrons. The Labute approximate surface area is 157 Å². The number of ether oxygens (including phenoxy) is 2. The van der Waals surface area contributed by atoms with Gasteiger partial charge in [0.2, 0.25) is 0 Å². The first kappa shape index (κ1) is 18.9. The molecule has 0 bridgehead atoms. The number of hydroxylamine groups is 2. The van der Waals surface area contributed by atoms with E-state index in [1.54, 1.807) is 0 Å². The maximum absolute atomic E-state index is 8.74. The first-order chi connectivity index (χ1) is 13.2. The van der Waals surface area contributed by atoms with Crippen LogP contribution in [0.25, 0.3) is 0 Å². The Kier molecular flexibility index (Phi) is 6.40. The van der Waals surface area contributed by atoms with Crippen molar-refractivity contribution in [1.82, 2.24) is 11.0 Å². The first-order valence-electron chi connectivity index (χ1n) is 8.55. The van der Waals surface area contributed by atoms with Crippen LogP contribution in [0, 0.1) is 6.92 Å². The summed E-state index contributed by atoms with van der Waals surface area (Å²) in [5.74, 6) is 2.77. The lowest BCUT2D eigenvalue weighted by Gasteiger charge is -2.11. The van der Waals surface area contributed by atoms with Gasteiger partial charge < -0.3 is 19.9 Å². The molecule has 0 aromatic heterocycles. The van der Waals surface area contributed by atoms with Crippen LogP contribution in [-0.4, -0.2) is 10.4 Å². The molecule has 0 spiro atoms. The minimum Gasteiger partial charge on any atom is -0.457 e. The normalized spacial score (nSPS) is 10.6. The Balaban J connectivity index is 1.71. The summed E-state index contributed by atoms with van der Waals surface area (Å²) in [7, 11) is 0. The number of hydrogen-bond acceptors (Lipinski definition) is 6. The van der Waals surface area contributed by atoms with E-state index < -0.39 is 0 Å². The predicted octanol–water partition coefficient (Wildman–Crippen LogP) is 4.54. The summed E-state index contributed by atoms with van der Waals surface area (Å²) in [6.07, 6.45) is 0. The number of aryl methyl sites for hydroxylation is 1. The second-order valence-corrected chi connectivity index (χ2v) is 6.14. The molecular formula is C21H22N2O4. The van der Waals surface area contributed by atoms with Gasteiger partial charge >= 0.3 is 0 Å². The van der Waals surface area contributed by atoms with Crippen molar-refractivity contribution in [3.8, 4) is 23.0 Å². The molecule has 3 aromatic carbocycles. The Bertz CT molecular complexity index is 795. The quantitative estimate of drug-likeness (QED) is 0.438. The molecule has 6 heteroatoms. The third-order valence-corrected chi connectivity index (χ3v) is 3.91. The summed E-state index contributed by atoms with van der Waals surface area (Å²) >= 11 is 0. The molecule has 0 saturated heterocycles. The van der Waals surface area contributed by atoms with Crippen molar-refractivity contribution in [2.45, 2.75) is 20.0 Å². The molecule has 3 rings (SSSR count). The molecule has 0 aliphatic rings. The van der Waals surface area contributed by atoms with Crippen LogP contribution in [0.5, 0.6) is 23.0 Å². The summed E-state index contributed by atoms with van der Waals surface area (Å²) < 4.78 is 11.8. The monoisotopic (exact) mass is 366 g/mol. The second kappa shape index (κ2) is 9.16. The minimum atomic E-state index is 0.385. The van der Waals surface area contributed by atoms with Crippen molar-refractivity contribution in [3.63, 3.8) is 0 Å². The van der Waals surface area contributed by atoms with E-state index in [0.29, 0.717) is 36.1 Å². The average molecular weight is 366 g/mol. The SMILES string of the molecule is Cc1cc(Oc2ccc(CNO)cc2)cc(Oc2ccc(CNO)cc2)c1. The first-order valence-corrected chi connectivity index (χ1v) is 8.55. The predicted molar refractivity (Wildman–Crippen MR) is 101 cm³/mol. The number of rotatable bonds is 8. The van der Waals surface area contributed by atoms with Gasteiger partial charge in [0.05, 0.1) is 0 Å². The Morgan fingerprint density at radius 3 is 1.41 bits per heavy atom. The molecule has 3 aromatic rings. The average Bonchev–Trinajstić information content (AvgIpc) is 2.65. The Hall–Kier alpha value is -2.90. The smallest absolute Gasteiger partial charge is 0.131 e. The highest BCUT2D eigenvalue weighted by Gasteiger charge is 2.05. The molecule has 6 nitrogen and oxygen atoms in total. The van der Waals surface area contributed by atoms with Crippen LogP contribution in [0.4, 0.5) is 0 Å². The van der Waals surface area contributed by atoms with E-state index in [-0.39, 0.29) is 0 Å². The molecule has 0 amide bonds. The zero-order chi connectivity index (χ0) is 19.1. The van der Waals surface area contributed by atoms with Crippen molar-refractivity contribution < 1.29 is 19.9 Å². The molecule has 4 N–H and O–H groups in total. The lowest BCUT2D eigenvalue weighted by Crippen LogP contribution is -2.05.